The molecule has 9 heteroatoms. The summed E-state index contributed by atoms with van der Waals surface area (Å²) in [4.78, 5) is 0. The number of hydrogen-bond donors (Lipinski definition) is 2. The monoisotopic (exact) mass is 442 g/mol. The molecule has 0 fully saturated rings. The molecule has 0 saturated heterocycles. The molecule has 29 heavy (non-hydrogen) atoms. The van der Waals surface area contributed by atoms with Crippen molar-refractivity contribution in [1.82, 2.24) is 0 Å². The van der Waals surface area contributed by atoms with Gasteiger partial charge in [-0.15, -0.1) is 0 Å². The van der Waals surface area contributed by atoms with Crippen molar-refractivity contribution in [2.45, 2.75) is 65.2 Å². The van der Waals surface area contributed by atoms with Crippen LogP contribution in [0, 0.1) is 0 Å². The third kappa shape index (κ3) is 38.9. The Hall–Kier alpha value is -0.290. The zero-order valence-corrected chi connectivity index (χ0v) is 20.8. The van der Waals surface area contributed by atoms with Crippen LogP contribution in [-0.4, -0.2) is 93.9 Å². The Kier molecular flexibility index (Phi) is 22.6. The number of hydrogen-bond acceptors (Lipinski definition) is 6. The third-order valence-corrected chi connectivity index (χ3v) is 4.70. The van der Waals surface area contributed by atoms with Gasteiger partial charge in [-0.1, -0.05) is 39.5 Å². The van der Waals surface area contributed by atoms with Crippen LogP contribution >= 0.6 is 0 Å². The standard InChI is InChI=1S/2C10H25N2.H2O4S/c2*1-4-5-6-7-9-12(2,3)10-8-11;1-5(2,3)4/h2*4-11H2,1-3H3;(H2,1,2,3,4)/q2*+1;/p-2. The number of likely N-dealkylation sites (N-methyl/N-ethyl adjacent to an activating group) is 2. The van der Waals surface area contributed by atoms with E-state index in [2.05, 4.69) is 42.0 Å². The molecule has 0 aromatic rings. The van der Waals surface area contributed by atoms with E-state index in [9.17, 15) is 0 Å². The topological polar surface area (TPSA) is 132 Å². The maximum Gasteiger partial charge on any atom is 0.0907 e. The smallest absolute Gasteiger partial charge is 0.0907 e. The lowest BCUT2D eigenvalue weighted by Gasteiger charge is -2.29. The number of quaternary nitrogens is 2. The Bertz CT molecular complexity index is 410. The summed E-state index contributed by atoms with van der Waals surface area (Å²) >= 11 is 0. The summed E-state index contributed by atoms with van der Waals surface area (Å²) in [5.41, 5.74) is 11.1. The predicted octanol–water partition coefficient (Wildman–Crippen LogP) is 1.87. The van der Waals surface area contributed by atoms with E-state index in [0.717, 1.165) is 35.1 Å². The van der Waals surface area contributed by atoms with Crippen LogP contribution < -0.4 is 11.5 Å². The van der Waals surface area contributed by atoms with E-state index in [4.69, 9.17) is 29.0 Å². The van der Waals surface area contributed by atoms with Gasteiger partial charge in [0.05, 0.1) is 54.4 Å². The van der Waals surface area contributed by atoms with Crippen molar-refractivity contribution in [1.29, 1.82) is 0 Å². The molecule has 0 bridgehead atoms. The summed E-state index contributed by atoms with van der Waals surface area (Å²) in [6.07, 6.45) is 10.9. The van der Waals surface area contributed by atoms with E-state index in [1.165, 1.54) is 64.5 Å². The SMILES string of the molecule is CCCCCC[N+](C)(C)CCN.CCCCCC[N+](C)(C)CCN.O=S(=O)([O-])[O-]. The second-order valence-corrected chi connectivity index (χ2v) is 9.69. The Morgan fingerprint density at radius 2 is 0.897 bits per heavy atom. The molecule has 4 N–H and O–H groups in total. The molecule has 0 amide bonds. The molecule has 0 aromatic carbocycles. The fraction of sp³-hybridized carbons (Fsp3) is 1.00. The van der Waals surface area contributed by atoms with Crippen molar-refractivity contribution in [2.24, 2.45) is 11.5 Å². The highest BCUT2D eigenvalue weighted by Crippen LogP contribution is 2.05. The van der Waals surface area contributed by atoms with Crippen LogP contribution in [0.3, 0.4) is 0 Å². The van der Waals surface area contributed by atoms with Crippen LogP contribution in [0.15, 0.2) is 0 Å². The fourth-order valence-electron chi connectivity index (χ4n) is 2.86. The van der Waals surface area contributed by atoms with E-state index in [-0.39, 0.29) is 0 Å². The zero-order chi connectivity index (χ0) is 23.4. The van der Waals surface area contributed by atoms with Gasteiger partial charge >= 0.3 is 0 Å². The average Bonchev–Trinajstić information content (AvgIpc) is 2.55. The maximum absolute atomic E-state index is 8.52. The first-order valence-corrected chi connectivity index (χ1v) is 12.3. The first-order chi connectivity index (χ1) is 13.2. The molecule has 0 saturated carbocycles. The van der Waals surface area contributed by atoms with Crippen molar-refractivity contribution < 1.29 is 26.5 Å². The fourth-order valence-corrected chi connectivity index (χ4v) is 2.86. The maximum atomic E-state index is 8.52. The van der Waals surface area contributed by atoms with Crippen molar-refractivity contribution in [2.75, 3.05) is 67.5 Å². The lowest BCUT2D eigenvalue weighted by Crippen LogP contribution is -2.44. The van der Waals surface area contributed by atoms with Crippen molar-refractivity contribution in [3.63, 3.8) is 0 Å². The first-order valence-electron chi connectivity index (χ1n) is 11.0. The number of nitrogens with zero attached hydrogens (tertiary/aromatic N) is 2. The second-order valence-electron chi connectivity index (χ2n) is 8.87. The van der Waals surface area contributed by atoms with Crippen molar-refractivity contribution in [3.8, 4) is 0 Å². The molecule has 0 atom stereocenters. The van der Waals surface area contributed by atoms with Gasteiger partial charge < -0.3 is 29.5 Å². The summed E-state index contributed by atoms with van der Waals surface area (Å²) < 4.78 is 36.3. The minimum Gasteiger partial charge on any atom is -0.759 e. The molecule has 0 rings (SSSR count). The van der Waals surface area contributed by atoms with Crippen LogP contribution in [0.1, 0.15) is 65.2 Å². The van der Waals surface area contributed by atoms with Gasteiger partial charge in [-0.2, -0.15) is 0 Å². The second kappa shape index (κ2) is 19.7. The van der Waals surface area contributed by atoms with E-state index >= 15 is 0 Å². The highest BCUT2D eigenvalue weighted by molar-refractivity contribution is 7.79. The lowest BCUT2D eigenvalue weighted by molar-refractivity contribution is -0.889. The van der Waals surface area contributed by atoms with Crippen LogP contribution in [0.4, 0.5) is 0 Å². The lowest BCUT2D eigenvalue weighted by atomic mass is 10.2. The molecule has 0 heterocycles. The van der Waals surface area contributed by atoms with Crippen LogP contribution in [-0.2, 0) is 10.4 Å². The van der Waals surface area contributed by atoms with Gasteiger partial charge in [0, 0.05) is 23.5 Å². The summed E-state index contributed by atoms with van der Waals surface area (Å²) in [7, 11) is 3.88. The van der Waals surface area contributed by atoms with Gasteiger partial charge in [0.2, 0.25) is 0 Å². The summed E-state index contributed by atoms with van der Waals surface area (Å²) in [5, 5.41) is 0. The summed E-state index contributed by atoms with van der Waals surface area (Å²) in [6, 6.07) is 0. The van der Waals surface area contributed by atoms with Crippen molar-refractivity contribution in [3.05, 3.63) is 0 Å². The molecule has 180 valence electrons. The van der Waals surface area contributed by atoms with Gasteiger partial charge in [0.1, 0.15) is 0 Å². The molecular weight excluding hydrogens is 392 g/mol. The van der Waals surface area contributed by atoms with Crippen LogP contribution in [0.25, 0.3) is 0 Å². The Morgan fingerprint density at radius 3 is 1.10 bits per heavy atom. The minimum atomic E-state index is -5.17. The largest absolute Gasteiger partial charge is 0.759 e. The highest BCUT2D eigenvalue weighted by atomic mass is 32.3. The Morgan fingerprint density at radius 1 is 0.621 bits per heavy atom. The molecule has 0 radical (unpaired) electrons. The molecule has 0 aliphatic rings. The van der Waals surface area contributed by atoms with Gasteiger partial charge in [-0.25, -0.2) is 0 Å². The zero-order valence-electron chi connectivity index (χ0n) is 20.0. The first kappa shape index (κ1) is 33.4. The molecule has 0 unspecified atom stereocenters. The highest BCUT2D eigenvalue weighted by Gasteiger charge is 2.12. The van der Waals surface area contributed by atoms with E-state index in [1.807, 2.05) is 0 Å². The van der Waals surface area contributed by atoms with Gasteiger partial charge in [0.25, 0.3) is 0 Å². The van der Waals surface area contributed by atoms with E-state index in [1.54, 1.807) is 0 Å². The van der Waals surface area contributed by atoms with Crippen LogP contribution in [0.5, 0.6) is 0 Å². The predicted molar refractivity (Wildman–Crippen MR) is 121 cm³/mol. The minimum absolute atomic E-state index is 0.806. The van der Waals surface area contributed by atoms with Crippen LogP contribution in [0.2, 0.25) is 0 Å². The average molecular weight is 443 g/mol. The quantitative estimate of drug-likeness (QED) is 0.183. The van der Waals surface area contributed by atoms with Crippen molar-refractivity contribution >= 4 is 10.4 Å². The van der Waals surface area contributed by atoms with Gasteiger partial charge in [-0.3, -0.25) is 8.42 Å². The molecule has 0 aliphatic heterocycles. The normalized spacial score (nSPS) is 11.9. The molecule has 8 nitrogen and oxygen atoms in total. The van der Waals surface area contributed by atoms with E-state index < -0.39 is 10.4 Å². The Labute approximate surface area is 181 Å². The van der Waals surface area contributed by atoms with E-state index in [0.29, 0.717) is 0 Å². The number of unbranched alkanes of at least 4 members (excludes halogenated alkanes) is 6. The third-order valence-electron chi connectivity index (χ3n) is 4.70. The number of nitrogens with two attached hydrogens (primary N) is 2. The molecule has 0 aromatic heterocycles. The van der Waals surface area contributed by atoms with Gasteiger partial charge in [-0.05, 0) is 25.7 Å². The number of rotatable bonds is 14. The summed E-state index contributed by atoms with van der Waals surface area (Å²) in [6.45, 7) is 10.9. The summed E-state index contributed by atoms with van der Waals surface area (Å²) in [5.74, 6) is 0. The molecular formula is C20H50N4O4S. The molecule has 0 spiro atoms. The molecule has 0 aliphatic carbocycles. The Balaban J connectivity index is -0.000000380. The van der Waals surface area contributed by atoms with Gasteiger partial charge in [0.15, 0.2) is 0 Å².